The van der Waals surface area contributed by atoms with Gasteiger partial charge in [0.1, 0.15) is 5.75 Å². The Balaban J connectivity index is 1.64. The van der Waals surface area contributed by atoms with Crippen molar-refractivity contribution < 1.29 is 9.53 Å². The molecule has 1 atom stereocenters. The number of halogens is 1. The Morgan fingerprint density at radius 3 is 2.37 bits per heavy atom. The maximum absolute atomic E-state index is 12.5. The number of carbonyl (C=O) groups is 1. The third-order valence-electron chi connectivity index (χ3n) is 5.10. The molecule has 0 saturated carbocycles. The molecule has 144 valence electrons. The molecule has 27 heavy (non-hydrogen) atoms. The van der Waals surface area contributed by atoms with Crippen molar-refractivity contribution in [2.75, 3.05) is 26.7 Å². The van der Waals surface area contributed by atoms with Crippen LogP contribution in [0.4, 0.5) is 0 Å². The number of rotatable bonds is 7. The molecule has 1 aliphatic rings. The molecule has 1 fully saturated rings. The minimum Gasteiger partial charge on any atom is -0.497 e. The van der Waals surface area contributed by atoms with Gasteiger partial charge in [0.15, 0.2) is 0 Å². The zero-order valence-corrected chi connectivity index (χ0v) is 17.4. The second-order valence-electron chi connectivity index (χ2n) is 6.99. The molecule has 1 heterocycles. The van der Waals surface area contributed by atoms with Crippen LogP contribution in [0.2, 0.25) is 0 Å². The quantitative estimate of drug-likeness (QED) is 0.709. The average Bonchev–Trinajstić information content (AvgIpc) is 2.71. The average molecular weight is 431 g/mol. The number of likely N-dealkylation sites (tertiary alicyclic amines) is 1. The van der Waals surface area contributed by atoms with E-state index in [0.717, 1.165) is 28.9 Å². The van der Waals surface area contributed by atoms with Crippen LogP contribution in [-0.2, 0) is 11.2 Å². The highest BCUT2D eigenvalue weighted by Gasteiger charge is 2.23. The number of hydrogen-bond donors (Lipinski definition) is 1. The van der Waals surface area contributed by atoms with Crippen molar-refractivity contribution in [3.63, 3.8) is 0 Å². The van der Waals surface area contributed by atoms with E-state index in [2.05, 4.69) is 38.3 Å². The predicted molar refractivity (Wildman–Crippen MR) is 112 cm³/mol. The second-order valence-corrected chi connectivity index (χ2v) is 7.91. The summed E-state index contributed by atoms with van der Waals surface area (Å²) in [4.78, 5) is 14.9. The van der Waals surface area contributed by atoms with Crippen LogP contribution in [0.1, 0.15) is 36.4 Å². The molecular weight excluding hydrogens is 404 g/mol. The van der Waals surface area contributed by atoms with E-state index in [0.29, 0.717) is 13.0 Å². The second kappa shape index (κ2) is 9.90. The normalized spacial score (nSPS) is 15.9. The number of amides is 1. The van der Waals surface area contributed by atoms with Gasteiger partial charge in [0, 0.05) is 11.0 Å². The van der Waals surface area contributed by atoms with Crippen molar-refractivity contribution in [2.45, 2.75) is 31.7 Å². The first-order valence-corrected chi connectivity index (χ1v) is 10.3. The zero-order chi connectivity index (χ0) is 19.1. The van der Waals surface area contributed by atoms with Crippen molar-refractivity contribution in [3.05, 3.63) is 64.1 Å². The van der Waals surface area contributed by atoms with E-state index in [-0.39, 0.29) is 11.9 Å². The SMILES string of the molecule is COc1ccc([C@@H](CNC(=O)Cc2ccc(Br)cc2)N2CCCCC2)cc1. The number of benzene rings is 2. The van der Waals surface area contributed by atoms with Gasteiger partial charge in [-0.15, -0.1) is 0 Å². The lowest BCUT2D eigenvalue weighted by molar-refractivity contribution is -0.120. The van der Waals surface area contributed by atoms with E-state index in [1.54, 1.807) is 7.11 Å². The summed E-state index contributed by atoms with van der Waals surface area (Å²) >= 11 is 3.43. The molecule has 5 heteroatoms. The monoisotopic (exact) mass is 430 g/mol. The molecule has 0 spiro atoms. The van der Waals surface area contributed by atoms with Crippen LogP contribution in [0, 0.1) is 0 Å². The van der Waals surface area contributed by atoms with Gasteiger partial charge in [0.25, 0.3) is 0 Å². The highest BCUT2D eigenvalue weighted by atomic mass is 79.9. The summed E-state index contributed by atoms with van der Waals surface area (Å²) in [5, 5.41) is 3.15. The van der Waals surface area contributed by atoms with Crippen LogP contribution < -0.4 is 10.1 Å². The van der Waals surface area contributed by atoms with Gasteiger partial charge in [0.05, 0.1) is 19.6 Å². The zero-order valence-electron chi connectivity index (χ0n) is 15.8. The number of carbonyl (C=O) groups excluding carboxylic acids is 1. The van der Waals surface area contributed by atoms with Crippen molar-refractivity contribution in [1.29, 1.82) is 0 Å². The first-order valence-electron chi connectivity index (χ1n) is 9.55. The lowest BCUT2D eigenvalue weighted by atomic mass is 10.0. The summed E-state index contributed by atoms with van der Waals surface area (Å²) in [7, 11) is 1.68. The minimum absolute atomic E-state index is 0.0628. The molecular formula is C22H27BrN2O2. The molecule has 0 bridgehead atoms. The molecule has 0 radical (unpaired) electrons. The molecule has 1 amide bonds. The third kappa shape index (κ3) is 5.81. The Kier molecular flexibility index (Phi) is 7.30. The fraction of sp³-hybridized carbons (Fsp3) is 0.409. The van der Waals surface area contributed by atoms with Crippen molar-refractivity contribution in [2.24, 2.45) is 0 Å². The van der Waals surface area contributed by atoms with Crippen LogP contribution in [0.3, 0.4) is 0 Å². The molecule has 2 aromatic carbocycles. The molecule has 0 unspecified atom stereocenters. The number of nitrogens with zero attached hydrogens (tertiary/aromatic N) is 1. The smallest absolute Gasteiger partial charge is 0.224 e. The van der Waals surface area contributed by atoms with E-state index in [4.69, 9.17) is 4.74 Å². The van der Waals surface area contributed by atoms with Gasteiger partial charge in [-0.1, -0.05) is 46.6 Å². The number of piperidine rings is 1. The molecule has 1 saturated heterocycles. The van der Waals surface area contributed by atoms with E-state index in [1.165, 1.54) is 24.8 Å². The van der Waals surface area contributed by atoms with E-state index >= 15 is 0 Å². The third-order valence-corrected chi connectivity index (χ3v) is 5.63. The summed E-state index contributed by atoms with van der Waals surface area (Å²) < 4.78 is 6.31. The molecule has 1 N–H and O–H groups in total. The highest BCUT2D eigenvalue weighted by molar-refractivity contribution is 9.10. The molecule has 4 nitrogen and oxygen atoms in total. The summed E-state index contributed by atoms with van der Waals surface area (Å²) in [5.74, 6) is 0.920. The maximum Gasteiger partial charge on any atom is 0.224 e. The number of methoxy groups -OCH3 is 1. The van der Waals surface area contributed by atoms with Gasteiger partial charge in [-0.25, -0.2) is 0 Å². The standard InChI is InChI=1S/C22H27BrN2O2/c1-27-20-11-7-18(8-12-20)21(25-13-3-2-4-14-25)16-24-22(26)15-17-5-9-19(23)10-6-17/h5-12,21H,2-4,13-16H2,1H3,(H,24,26)/t21-/m1/s1. The lowest BCUT2D eigenvalue weighted by Crippen LogP contribution is -2.41. The maximum atomic E-state index is 12.5. The van der Waals surface area contributed by atoms with Crippen molar-refractivity contribution in [1.82, 2.24) is 10.2 Å². The highest BCUT2D eigenvalue weighted by Crippen LogP contribution is 2.26. The summed E-state index contributed by atoms with van der Waals surface area (Å²) in [5.41, 5.74) is 2.25. The molecule has 3 rings (SSSR count). The van der Waals surface area contributed by atoms with Crippen molar-refractivity contribution >= 4 is 21.8 Å². The lowest BCUT2D eigenvalue weighted by Gasteiger charge is -2.35. The van der Waals surface area contributed by atoms with E-state index in [9.17, 15) is 4.79 Å². The van der Waals surface area contributed by atoms with Crippen LogP contribution in [0.25, 0.3) is 0 Å². The van der Waals surface area contributed by atoms with Crippen LogP contribution in [-0.4, -0.2) is 37.6 Å². The first kappa shape index (κ1) is 19.9. The van der Waals surface area contributed by atoms with Crippen LogP contribution >= 0.6 is 15.9 Å². The van der Waals surface area contributed by atoms with Gasteiger partial charge in [-0.05, 0) is 61.3 Å². The Hall–Kier alpha value is -1.85. The Morgan fingerprint density at radius 1 is 1.07 bits per heavy atom. The molecule has 2 aromatic rings. The van der Waals surface area contributed by atoms with E-state index < -0.39 is 0 Å². The van der Waals surface area contributed by atoms with Gasteiger partial charge < -0.3 is 10.1 Å². The number of hydrogen-bond acceptors (Lipinski definition) is 3. The van der Waals surface area contributed by atoms with Gasteiger partial charge in [0.2, 0.25) is 5.91 Å². The first-order chi connectivity index (χ1) is 13.2. The Labute approximate surface area is 170 Å². The predicted octanol–water partition coefficient (Wildman–Crippen LogP) is 4.34. The van der Waals surface area contributed by atoms with E-state index in [1.807, 2.05) is 36.4 Å². The minimum atomic E-state index is 0.0628. The van der Waals surface area contributed by atoms with Gasteiger partial charge in [-0.2, -0.15) is 0 Å². The molecule has 1 aliphatic heterocycles. The summed E-state index contributed by atoms with van der Waals surface area (Å²) in [6, 6.07) is 16.3. The summed E-state index contributed by atoms with van der Waals surface area (Å²) in [6.45, 7) is 2.79. The summed E-state index contributed by atoms with van der Waals surface area (Å²) in [6.07, 6.45) is 4.14. The fourth-order valence-corrected chi connectivity index (χ4v) is 3.84. The van der Waals surface area contributed by atoms with Crippen molar-refractivity contribution in [3.8, 4) is 5.75 Å². The van der Waals surface area contributed by atoms with Gasteiger partial charge >= 0.3 is 0 Å². The van der Waals surface area contributed by atoms with Crippen LogP contribution in [0.15, 0.2) is 53.0 Å². The molecule has 0 aliphatic carbocycles. The topological polar surface area (TPSA) is 41.6 Å². The Morgan fingerprint density at radius 2 is 1.74 bits per heavy atom. The molecule has 0 aromatic heterocycles. The number of ether oxygens (including phenoxy) is 1. The number of nitrogens with one attached hydrogen (secondary N) is 1. The fourth-order valence-electron chi connectivity index (χ4n) is 3.57. The van der Waals surface area contributed by atoms with Gasteiger partial charge in [-0.3, -0.25) is 9.69 Å². The van der Waals surface area contributed by atoms with Crippen LogP contribution in [0.5, 0.6) is 5.75 Å². The largest absolute Gasteiger partial charge is 0.497 e. The Bertz CT molecular complexity index is 725.